The molecular weight excluding hydrogens is 298 g/mol. The molecule has 0 bridgehead atoms. The lowest BCUT2D eigenvalue weighted by atomic mass is 9.98. The molecule has 1 aromatic carbocycles. The SMILES string of the molecule is N#C[C@@H]1C[C@H]1CS(=O)(=O)N1Cc2ccccc2C(F)(F)C1. The van der Waals surface area contributed by atoms with Gasteiger partial charge in [-0.05, 0) is 17.9 Å². The van der Waals surface area contributed by atoms with Crippen molar-refractivity contribution in [1.82, 2.24) is 4.31 Å². The van der Waals surface area contributed by atoms with E-state index < -0.39 is 22.5 Å². The number of halogens is 2. The van der Waals surface area contributed by atoms with Gasteiger partial charge in [0.25, 0.3) is 5.92 Å². The summed E-state index contributed by atoms with van der Waals surface area (Å²) < 4.78 is 53.6. The van der Waals surface area contributed by atoms with E-state index in [0.717, 1.165) is 4.31 Å². The van der Waals surface area contributed by atoms with Gasteiger partial charge in [-0.25, -0.2) is 8.42 Å². The van der Waals surface area contributed by atoms with Crippen LogP contribution in [0.2, 0.25) is 0 Å². The molecule has 1 heterocycles. The third-order valence-electron chi connectivity index (χ3n) is 4.04. The van der Waals surface area contributed by atoms with Crippen molar-refractivity contribution in [3.63, 3.8) is 0 Å². The minimum atomic E-state index is -3.77. The first-order valence-electron chi connectivity index (χ1n) is 6.67. The molecule has 0 N–H and O–H groups in total. The van der Waals surface area contributed by atoms with E-state index in [1.807, 2.05) is 6.07 Å². The molecule has 0 amide bonds. The summed E-state index contributed by atoms with van der Waals surface area (Å²) in [5, 5.41) is 8.72. The highest BCUT2D eigenvalue weighted by Gasteiger charge is 2.47. The predicted octanol–water partition coefficient (Wildman–Crippen LogP) is 2.08. The molecule has 1 aromatic rings. The highest BCUT2D eigenvalue weighted by molar-refractivity contribution is 7.89. The summed E-state index contributed by atoms with van der Waals surface area (Å²) in [6.07, 6.45) is 0.538. The first-order chi connectivity index (χ1) is 9.83. The quantitative estimate of drug-likeness (QED) is 0.858. The van der Waals surface area contributed by atoms with Crippen molar-refractivity contribution in [2.24, 2.45) is 11.8 Å². The Hall–Kier alpha value is -1.52. The molecule has 1 aliphatic heterocycles. The maximum Gasteiger partial charge on any atom is 0.287 e. The van der Waals surface area contributed by atoms with Crippen molar-refractivity contribution in [3.8, 4) is 6.07 Å². The van der Waals surface area contributed by atoms with Gasteiger partial charge in [0.1, 0.15) is 0 Å². The fourth-order valence-corrected chi connectivity index (χ4v) is 4.54. The van der Waals surface area contributed by atoms with Crippen molar-refractivity contribution in [1.29, 1.82) is 5.26 Å². The molecule has 2 aliphatic rings. The normalized spacial score (nSPS) is 27.7. The summed E-state index contributed by atoms with van der Waals surface area (Å²) in [7, 11) is -3.77. The first-order valence-corrected chi connectivity index (χ1v) is 8.28. The van der Waals surface area contributed by atoms with Crippen molar-refractivity contribution >= 4 is 10.0 Å². The molecule has 112 valence electrons. The molecule has 7 heteroatoms. The van der Waals surface area contributed by atoms with Gasteiger partial charge in [0, 0.05) is 12.1 Å². The maximum atomic E-state index is 14.1. The molecular formula is C14H14F2N2O2S. The average molecular weight is 312 g/mol. The molecule has 1 saturated carbocycles. The molecule has 0 aromatic heterocycles. The molecule has 0 unspecified atom stereocenters. The number of rotatable bonds is 3. The Morgan fingerprint density at radius 1 is 1.38 bits per heavy atom. The Kier molecular flexibility index (Phi) is 3.26. The summed E-state index contributed by atoms with van der Waals surface area (Å²) in [4.78, 5) is 0. The second-order valence-corrected chi connectivity index (χ2v) is 7.65. The van der Waals surface area contributed by atoms with Crippen molar-refractivity contribution < 1.29 is 17.2 Å². The van der Waals surface area contributed by atoms with E-state index in [-0.39, 0.29) is 29.7 Å². The standard InChI is InChI=1S/C14H14F2N2O2S/c15-14(16)9-18(7-10-3-1-2-4-13(10)14)21(19,20)8-12-5-11(12)6-17/h1-4,11-12H,5,7-9H2/t11-,12-/m0/s1. The van der Waals surface area contributed by atoms with Gasteiger partial charge >= 0.3 is 0 Å². The van der Waals surface area contributed by atoms with Gasteiger partial charge in [-0.3, -0.25) is 0 Å². The van der Waals surface area contributed by atoms with Gasteiger partial charge in [0.15, 0.2) is 0 Å². The van der Waals surface area contributed by atoms with E-state index in [4.69, 9.17) is 5.26 Å². The van der Waals surface area contributed by atoms with E-state index in [2.05, 4.69) is 0 Å². The minimum Gasteiger partial charge on any atom is -0.212 e. The van der Waals surface area contributed by atoms with E-state index in [0.29, 0.717) is 12.0 Å². The molecule has 0 spiro atoms. The molecule has 2 atom stereocenters. The van der Waals surface area contributed by atoms with Crippen LogP contribution in [0.15, 0.2) is 24.3 Å². The lowest BCUT2D eigenvalue weighted by Crippen LogP contribution is -2.44. The summed E-state index contributed by atoms with van der Waals surface area (Å²) in [6.45, 7) is -0.853. The monoisotopic (exact) mass is 312 g/mol. The Bertz CT molecular complexity index is 712. The van der Waals surface area contributed by atoms with Gasteiger partial charge in [-0.15, -0.1) is 0 Å². The van der Waals surface area contributed by atoms with Crippen LogP contribution in [-0.4, -0.2) is 25.0 Å². The van der Waals surface area contributed by atoms with E-state index in [1.165, 1.54) is 18.2 Å². The van der Waals surface area contributed by atoms with E-state index in [9.17, 15) is 17.2 Å². The zero-order valence-electron chi connectivity index (χ0n) is 11.2. The van der Waals surface area contributed by atoms with Crippen LogP contribution in [0, 0.1) is 23.2 Å². The van der Waals surface area contributed by atoms with Crippen LogP contribution >= 0.6 is 0 Å². The Balaban J connectivity index is 1.84. The number of nitrogens with zero attached hydrogens (tertiary/aromatic N) is 2. The van der Waals surface area contributed by atoms with E-state index >= 15 is 0 Å². The highest BCUT2D eigenvalue weighted by atomic mass is 32.2. The second kappa shape index (κ2) is 4.75. The third-order valence-corrected chi connectivity index (χ3v) is 5.93. The van der Waals surface area contributed by atoms with Crippen LogP contribution < -0.4 is 0 Å². The smallest absolute Gasteiger partial charge is 0.212 e. The minimum absolute atomic E-state index is 0.0297. The molecule has 0 saturated heterocycles. The molecule has 3 rings (SSSR count). The lowest BCUT2D eigenvalue weighted by Gasteiger charge is -2.33. The van der Waals surface area contributed by atoms with Crippen LogP contribution in [-0.2, 0) is 22.5 Å². The predicted molar refractivity (Wildman–Crippen MR) is 71.7 cm³/mol. The topological polar surface area (TPSA) is 61.2 Å². The molecule has 1 fully saturated rings. The van der Waals surface area contributed by atoms with Crippen LogP contribution in [0.1, 0.15) is 17.5 Å². The summed E-state index contributed by atoms with van der Waals surface area (Å²) in [5.41, 5.74) is 0.239. The average Bonchev–Trinajstić information content (AvgIpc) is 3.15. The van der Waals surface area contributed by atoms with Gasteiger partial charge < -0.3 is 0 Å². The summed E-state index contributed by atoms with van der Waals surface area (Å²) >= 11 is 0. The molecule has 21 heavy (non-hydrogen) atoms. The van der Waals surface area contributed by atoms with Crippen molar-refractivity contribution in [3.05, 3.63) is 35.4 Å². The van der Waals surface area contributed by atoms with Crippen LogP contribution in [0.4, 0.5) is 8.78 Å². The highest BCUT2D eigenvalue weighted by Crippen LogP contribution is 2.41. The van der Waals surface area contributed by atoms with Gasteiger partial charge in [0.05, 0.1) is 24.3 Å². The number of sulfonamides is 1. The van der Waals surface area contributed by atoms with Crippen LogP contribution in [0.3, 0.4) is 0 Å². The largest absolute Gasteiger partial charge is 0.287 e. The molecule has 4 nitrogen and oxygen atoms in total. The Labute approximate surface area is 122 Å². The molecule has 1 aliphatic carbocycles. The van der Waals surface area contributed by atoms with E-state index in [1.54, 1.807) is 6.07 Å². The van der Waals surface area contributed by atoms with Crippen LogP contribution in [0.5, 0.6) is 0 Å². The number of alkyl halides is 2. The van der Waals surface area contributed by atoms with Gasteiger partial charge in [-0.2, -0.15) is 18.3 Å². The summed E-state index contributed by atoms with van der Waals surface area (Å²) in [6, 6.07) is 8.03. The summed E-state index contributed by atoms with van der Waals surface area (Å²) in [5.74, 6) is -3.87. The third kappa shape index (κ3) is 2.65. The first kappa shape index (κ1) is 14.4. The lowest BCUT2D eigenvalue weighted by molar-refractivity contribution is -0.0321. The number of fused-ring (bicyclic) bond motifs is 1. The van der Waals surface area contributed by atoms with Gasteiger partial charge in [-0.1, -0.05) is 24.3 Å². The second-order valence-electron chi connectivity index (χ2n) is 5.64. The fourth-order valence-electron chi connectivity index (χ4n) is 2.73. The van der Waals surface area contributed by atoms with Gasteiger partial charge in [0.2, 0.25) is 10.0 Å². The fraction of sp³-hybridized carbons (Fsp3) is 0.500. The number of nitriles is 1. The number of hydrogen-bond acceptors (Lipinski definition) is 3. The zero-order valence-corrected chi connectivity index (χ0v) is 12.0. The molecule has 0 radical (unpaired) electrons. The zero-order chi connectivity index (χ0) is 15.3. The Morgan fingerprint density at radius 3 is 2.76 bits per heavy atom. The van der Waals surface area contributed by atoms with Crippen molar-refractivity contribution in [2.75, 3.05) is 12.3 Å². The van der Waals surface area contributed by atoms with Crippen LogP contribution in [0.25, 0.3) is 0 Å². The maximum absolute atomic E-state index is 14.1. The van der Waals surface area contributed by atoms with Crippen molar-refractivity contribution in [2.45, 2.75) is 18.9 Å². The Morgan fingerprint density at radius 2 is 2.10 bits per heavy atom. The number of benzene rings is 1. The number of hydrogen-bond donors (Lipinski definition) is 0.